The SMILES string of the molecule is CN(C)[C@@H](C(=O)NCc1n[nH]c2c1CCCCC2)c1cccc(F)c1. The van der Waals surface area contributed by atoms with E-state index in [0.29, 0.717) is 12.1 Å². The smallest absolute Gasteiger partial charge is 0.242 e. The third-order valence-corrected chi connectivity index (χ3v) is 4.75. The van der Waals surface area contributed by atoms with Crippen LogP contribution in [0.15, 0.2) is 24.3 Å². The zero-order valence-electron chi connectivity index (χ0n) is 14.8. The van der Waals surface area contributed by atoms with Crippen LogP contribution < -0.4 is 5.32 Å². The quantitative estimate of drug-likeness (QED) is 0.820. The maximum atomic E-state index is 13.5. The molecule has 0 unspecified atom stereocenters. The van der Waals surface area contributed by atoms with Crippen molar-refractivity contribution in [3.8, 4) is 0 Å². The number of carbonyl (C=O) groups is 1. The largest absolute Gasteiger partial charge is 0.349 e. The third kappa shape index (κ3) is 4.07. The predicted octanol–water partition coefficient (Wildman–Crippen LogP) is 2.74. The highest BCUT2D eigenvalue weighted by Gasteiger charge is 2.24. The molecular weight excluding hydrogens is 319 g/mol. The molecule has 1 aromatic heterocycles. The van der Waals surface area contributed by atoms with E-state index in [1.807, 2.05) is 14.1 Å². The van der Waals surface area contributed by atoms with E-state index in [4.69, 9.17) is 0 Å². The highest BCUT2D eigenvalue weighted by molar-refractivity contribution is 5.83. The van der Waals surface area contributed by atoms with Crippen molar-refractivity contribution in [2.24, 2.45) is 0 Å². The summed E-state index contributed by atoms with van der Waals surface area (Å²) in [6.07, 6.45) is 5.62. The highest BCUT2D eigenvalue weighted by atomic mass is 19.1. The van der Waals surface area contributed by atoms with E-state index in [0.717, 1.165) is 25.0 Å². The van der Waals surface area contributed by atoms with Crippen molar-refractivity contribution in [2.45, 2.75) is 44.7 Å². The molecule has 0 aliphatic heterocycles. The number of amides is 1. The molecule has 0 fully saturated rings. The molecule has 2 aromatic rings. The number of aromatic amines is 1. The van der Waals surface area contributed by atoms with Gasteiger partial charge >= 0.3 is 0 Å². The van der Waals surface area contributed by atoms with E-state index in [1.165, 1.54) is 36.2 Å². The molecule has 5 nitrogen and oxygen atoms in total. The monoisotopic (exact) mass is 344 g/mol. The van der Waals surface area contributed by atoms with Crippen molar-refractivity contribution in [3.63, 3.8) is 0 Å². The van der Waals surface area contributed by atoms with Crippen LogP contribution in [0.2, 0.25) is 0 Å². The number of aromatic nitrogens is 2. The third-order valence-electron chi connectivity index (χ3n) is 4.75. The summed E-state index contributed by atoms with van der Waals surface area (Å²) in [7, 11) is 3.63. The summed E-state index contributed by atoms with van der Waals surface area (Å²) in [6, 6.07) is 5.65. The molecule has 0 bridgehead atoms. The van der Waals surface area contributed by atoms with Gasteiger partial charge in [-0.15, -0.1) is 0 Å². The zero-order chi connectivity index (χ0) is 17.8. The first-order valence-electron chi connectivity index (χ1n) is 8.81. The minimum atomic E-state index is -0.534. The van der Waals surface area contributed by atoms with Crippen molar-refractivity contribution >= 4 is 5.91 Å². The second kappa shape index (κ2) is 7.78. The fraction of sp³-hybridized carbons (Fsp3) is 0.474. The summed E-state index contributed by atoms with van der Waals surface area (Å²) in [6.45, 7) is 0.393. The Morgan fingerprint density at radius 2 is 2.12 bits per heavy atom. The van der Waals surface area contributed by atoms with Gasteiger partial charge in [0.1, 0.15) is 11.9 Å². The molecule has 1 aliphatic rings. The molecule has 0 saturated heterocycles. The molecule has 3 rings (SSSR count). The van der Waals surface area contributed by atoms with Gasteiger partial charge in [0.15, 0.2) is 0 Å². The van der Waals surface area contributed by atoms with Crippen LogP contribution in [-0.2, 0) is 24.2 Å². The Labute approximate surface area is 147 Å². The van der Waals surface area contributed by atoms with Gasteiger partial charge in [0.25, 0.3) is 0 Å². The molecule has 6 heteroatoms. The molecule has 25 heavy (non-hydrogen) atoms. The molecule has 0 spiro atoms. The van der Waals surface area contributed by atoms with Crippen molar-refractivity contribution in [3.05, 3.63) is 52.6 Å². The van der Waals surface area contributed by atoms with Gasteiger partial charge in [-0.2, -0.15) is 5.10 Å². The molecule has 1 aliphatic carbocycles. The maximum absolute atomic E-state index is 13.5. The Bertz CT molecular complexity index is 741. The van der Waals surface area contributed by atoms with Crippen LogP contribution >= 0.6 is 0 Å². The van der Waals surface area contributed by atoms with E-state index in [9.17, 15) is 9.18 Å². The fourth-order valence-electron chi connectivity index (χ4n) is 3.50. The fourth-order valence-corrected chi connectivity index (χ4v) is 3.50. The Kier molecular flexibility index (Phi) is 5.48. The molecular formula is C19H25FN4O. The number of H-pyrrole nitrogens is 1. The Hall–Kier alpha value is -2.21. The maximum Gasteiger partial charge on any atom is 0.242 e. The lowest BCUT2D eigenvalue weighted by atomic mass is 10.0. The number of hydrogen-bond acceptors (Lipinski definition) is 3. The van der Waals surface area contributed by atoms with Gasteiger partial charge in [-0.05, 0) is 63.0 Å². The number of carbonyl (C=O) groups excluding carboxylic acids is 1. The summed E-state index contributed by atoms with van der Waals surface area (Å²) in [4.78, 5) is 14.5. The van der Waals surface area contributed by atoms with Crippen molar-refractivity contribution in [1.29, 1.82) is 0 Å². The number of aryl methyl sites for hydroxylation is 1. The number of fused-ring (bicyclic) bond motifs is 1. The summed E-state index contributed by atoms with van der Waals surface area (Å²) in [5, 5.41) is 10.5. The van der Waals surface area contributed by atoms with Crippen LogP contribution in [0.1, 0.15) is 47.8 Å². The zero-order valence-corrected chi connectivity index (χ0v) is 14.8. The second-order valence-corrected chi connectivity index (χ2v) is 6.83. The van der Waals surface area contributed by atoms with Crippen LogP contribution in [-0.4, -0.2) is 35.1 Å². The number of halogens is 1. The summed E-state index contributed by atoms with van der Waals surface area (Å²) in [5.41, 5.74) is 4.02. The molecule has 1 heterocycles. The topological polar surface area (TPSA) is 61.0 Å². The van der Waals surface area contributed by atoms with Crippen molar-refractivity contribution in [2.75, 3.05) is 14.1 Å². The Balaban J connectivity index is 1.71. The average molecular weight is 344 g/mol. The number of benzene rings is 1. The molecule has 1 amide bonds. The molecule has 1 atom stereocenters. The molecule has 0 radical (unpaired) electrons. The van der Waals surface area contributed by atoms with Crippen molar-refractivity contribution < 1.29 is 9.18 Å². The first kappa shape index (κ1) is 17.6. The van der Waals surface area contributed by atoms with Crippen LogP contribution in [0.25, 0.3) is 0 Å². The van der Waals surface area contributed by atoms with Gasteiger partial charge in [-0.25, -0.2) is 4.39 Å². The highest BCUT2D eigenvalue weighted by Crippen LogP contribution is 2.23. The van der Waals surface area contributed by atoms with Gasteiger partial charge in [0.2, 0.25) is 5.91 Å². The number of rotatable bonds is 5. The number of nitrogens with one attached hydrogen (secondary N) is 2. The van der Waals surface area contributed by atoms with E-state index < -0.39 is 6.04 Å². The lowest BCUT2D eigenvalue weighted by Gasteiger charge is -2.23. The first-order chi connectivity index (χ1) is 12.1. The predicted molar refractivity (Wildman–Crippen MR) is 94.5 cm³/mol. The second-order valence-electron chi connectivity index (χ2n) is 6.83. The van der Waals surface area contributed by atoms with Crippen LogP contribution in [0.3, 0.4) is 0 Å². The molecule has 0 saturated carbocycles. The van der Waals surface area contributed by atoms with Gasteiger partial charge in [-0.3, -0.25) is 14.8 Å². The van der Waals surface area contributed by atoms with Crippen LogP contribution in [0.4, 0.5) is 4.39 Å². The average Bonchev–Trinajstić information content (AvgIpc) is 2.79. The van der Waals surface area contributed by atoms with E-state index >= 15 is 0 Å². The first-order valence-corrected chi connectivity index (χ1v) is 8.81. The minimum Gasteiger partial charge on any atom is -0.349 e. The van der Waals surface area contributed by atoms with Gasteiger partial charge in [-0.1, -0.05) is 18.6 Å². The Morgan fingerprint density at radius 3 is 2.88 bits per heavy atom. The molecule has 1 aromatic carbocycles. The van der Waals surface area contributed by atoms with Crippen molar-refractivity contribution in [1.82, 2.24) is 20.4 Å². The molecule has 134 valence electrons. The number of nitrogens with zero attached hydrogens (tertiary/aromatic N) is 2. The molecule has 2 N–H and O–H groups in total. The number of hydrogen-bond donors (Lipinski definition) is 2. The Morgan fingerprint density at radius 1 is 1.32 bits per heavy atom. The summed E-state index contributed by atoms with van der Waals surface area (Å²) < 4.78 is 13.5. The van der Waals surface area contributed by atoms with E-state index in [2.05, 4.69) is 15.5 Å². The number of likely N-dealkylation sites (N-methyl/N-ethyl adjacent to an activating group) is 1. The van der Waals surface area contributed by atoms with E-state index in [1.54, 1.807) is 17.0 Å². The van der Waals surface area contributed by atoms with Gasteiger partial charge < -0.3 is 5.32 Å². The lowest BCUT2D eigenvalue weighted by molar-refractivity contribution is -0.126. The van der Waals surface area contributed by atoms with Crippen LogP contribution in [0.5, 0.6) is 0 Å². The lowest BCUT2D eigenvalue weighted by Crippen LogP contribution is -2.37. The summed E-state index contributed by atoms with van der Waals surface area (Å²) in [5.74, 6) is -0.490. The van der Waals surface area contributed by atoms with Gasteiger partial charge in [0, 0.05) is 5.69 Å². The standard InChI is InChI=1S/C19H25FN4O/c1-24(2)18(13-7-6-8-14(20)11-13)19(25)21-12-17-15-9-4-3-5-10-16(15)22-23-17/h6-8,11,18H,3-5,9-10,12H2,1-2H3,(H,21,25)(H,22,23)/t18-/m1/s1. The normalized spacial score (nSPS) is 15.5. The summed E-state index contributed by atoms with van der Waals surface area (Å²) >= 11 is 0. The van der Waals surface area contributed by atoms with Gasteiger partial charge in [0.05, 0.1) is 12.2 Å². The minimum absolute atomic E-state index is 0.152. The van der Waals surface area contributed by atoms with E-state index in [-0.39, 0.29) is 11.7 Å². The van der Waals surface area contributed by atoms with Crippen LogP contribution in [0, 0.1) is 5.82 Å².